The van der Waals surface area contributed by atoms with Gasteiger partial charge in [-0.25, -0.2) is 4.39 Å². The maximum absolute atomic E-state index is 13.3. The van der Waals surface area contributed by atoms with Crippen LogP contribution in [-0.4, -0.2) is 22.6 Å². The van der Waals surface area contributed by atoms with E-state index in [1.807, 2.05) is 30.3 Å². The molecular formula is C26H35FN2O2. The third kappa shape index (κ3) is 7.07. The first kappa shape index (κ1) is 26.1. The number of aromatic nitrogens is 1. The number of nitrogens with two attached hydrogens (primary N) is 1. The summed E-state index contributed by atoms with van der Waals surface area (Å²) in [6.45, 7) is 10.3. The Morgan fingerprint density at radius 3 is 1.97 bits per heavy atom. The van der Waals surface area contributed by atoms with Crippen molar-refractivity contribution in [3.05, 3.63) is 71.7 Å². The van der Waals surface area contributed by atoms with Crippen LogP contribution >= 0.6 is 0 Å². The van der Waals surface area contributed by atoms with Crippen LogP contribution in [0.3, 0.4) is 0 Å². The Bertz CT molecular complexity index is 917. The number of aromatic amines is 1. The lowest BCUT2D eigenvalue weighted by Gasteiger charge is -2.09. The van der Waals surface area contributed by atoms with Gasteiger partial charge in [-0.15, -0.1) is 0 Å². The van der Waals surface area contributed by atoms with E-state index in [2.05, 4.69) is 32.7 Å². The molecule has 0 saturated carbocycles. The first-order valence-corrected chi connectivity index (χ1v) is 10.8. The van der Waals surface area contributed by atoms with Crippen molar-refractivity contribution in [1.29, 1.82) is 0 Å². The SMILES string of the molecule is CCC.CCC(C)c1[nH]c(-c2ccc(F)cc2)c(-c2ccccc2)c1C(N)=O.CCO. The van der Waals surface area contributed by atoms with Crippen molar-refractivity contribution >= 4 is 5.91 Å². The van der Waals surface area contributed by atoms with Gasteiger partial charge in [0.05, 0.1) is 11.3 Å². The summed E-state index contributed by atoms with van der Waals surface area (Å²) in [5.74, 6) is -0.605. The third-order valence-electron chi connectivity index (χ3n) is 4.58. The summed E-state index contributed by atoms with van der Waals surface area (Å²) in [5, 5.41) is 7.57. The average molecular weight is 427 g/mol. The van der Waals surface area contributed by atoms with Crippen LogP contribution in [0.15, 0.2) is 54.6 Å². The molecule has 3 aromatic rings. The Kier molecular flexibility index (Phi) is 11.3. The monoisotopic (exact) mass is 426 g/mol. The lowest BCUT2D eigenvalue weighted by Crippen LogP contribution is -2.14. The van der Waals surface area contributed by atoms with Gasteiger partial charge in [0.15, 0.2) is 0 Å². The van der Waals surface area contributed by atoms with Gasteiger partial charge < -0.3 is 15.8 Å². The summed E-state index contributed by atoms with van der Waals surface area (Å²) in [4.78, 5) is 15.7. The van der Waals surface area contributed by atoms with Crippen LogP contribution in [0.1, 0.15) is 69.4 Å². The molecule has 168 valence electrons. The van der Waals surface area contributed by atoms with Crippen LogP contribution in [0.25, 0.3) is 22.4 Å². The van der Waals surface area contributed by atoms with Crippen molar-refractivity contribution in [3.63, 3.8) is 0 Å². The van der Waals surface area contributed by atoms with Gasteiger partial charge in [0.2, 0.25) is 0 Å². The number of hydrogen-bond donors (Lipinski definition) is 3. The Morgan fingerprint density at radius 1 is 1.00 bits per heavy atom. The zero-order valence-corrected chi connectivity index (χ0v) is 19.2. The largest absolute Gasteiger partial charge is 0.397 e. The first-order valence-electron chi connectivity index (χ1n) is 10.8. The van der Waals surface area contributed by atoms with Gasteiger partial charge in [0.25, 0.3) is 5.91 Å². The molecule has 4 nitrogen and oxygen atoms in total. The Hall–Kier alpha value is -2.92. The summed E-state index contributed by atoms with van der Waals surface area (Å²) in [6.07, 6.45) is 2.12. The lowest BCUT2D eigenvalue weighted by atomic mass is 9.93. The van der Waals surface area contributed by atoms with Crippen molar-refractivity contribution < 1.29 is 14.3 Å². The summed E-state index contributed by atoms with van der Waals surface area (Å²) in [7, 11) is 0. The van der Waals surface area contributed by atoms with Crippen LogP contribution in [0, 0.1) is 5.82 Å². The molecule has 3 rings (SSSR count). The second-order valence-electron chi connectivity index (χ2n) is 7.23. The zero-order chi connectivity index (χ0) is 23.4. The van der Waals surface area contributed by atoms with Crippen LogP contribution in [-0.2, 0) is 0 Å². The molecule has 0 bridgehead atoms. The van der Waals surface area contributed by atoms with Crippen LogP contribution < -0.4 is 5.73 Å². The van der Waals surface area contributed by atoms with E-state index >= 15 is 0 Å². The molecule has 1 unspecified atom stereocenters. The predicted octanol–water partition coefficient (Wildman–Crippen LogP) is 6.52. The summed E-state index contributed by atoms with van der Waals surface area (Å²) < 4.78 is 13.3. The molecule has 0 saturated heterocycles. The van der Waals surface area contributed by atoms with E-state index in [0.717, 1.165) is 34.5 Å². The quantitative estimate of drug-likeness (QED) is 0.434. The number of aliphatic hydroxyl groups excluding tert-OH is 1. The second-order valence-corrected chi connectivity index (χ2v) is 7.23. The van der Waals surface area contributed by atoms with E-state index < -0.39 is 5.91 Å². The molecule has 0 radical (unpaired) electrons. The number of halogens is 1. The number of carbonyl (C=O) groups is 1. The van der Waals surface area contributed by atoms with Crippen molar-refractivity contribution in [2.24, 2.45) is 5.73 Å². The van der Waals surface area contributed by atoms with Gasteiger partial charge >= 0.3 is 0 Å². The molecule has 4 N–H and O–H groups in total. The lowest BCUT2D eigenvalue weighted by molar-refractivity contribution is 0.0999. The number of nitrogens with one attached hydrogen (secondary N) is 1. The highest BCUT2D eigenvalue weighted by atomic mass is 19.1. The number of hydrogen-bond acceptors (Lipinski definition) is 2. The van der Waals surface area contributed by atoms with E-state index in [1.165, 1.54) is 18.6 Å². The molecule has 5 heteroatoms. The Labute approximate surface area is 185 Å². The van der Waals surface area contributed by atoms with E-state index in [1.54, 1.807) is 19.1 Å². The first-order chi connectivity index (χ1) is 14.9. The number of rotatable bonds is 5. The molecule has 0 aliphatic rings. The summed E-state index contributed by atoms with van der Waals surface area (Å²) in [5.41, 5.74) is 10.4. The van der Waals surface area contributed by atoms with Gasteiger partial charge in [-0.3, -0.25) is 4.79 Å². The van der Waals surface area contributed by atoms with Crippen LogP contribution in [0.5, 0.6) is 0 Å². The second kappa shape index (κ2) is 13.4. The van der Waals surface area contributed by atoms with E-state index in [0.29, 0.717) is 5.56 Å². The highest BCUT2D eigenvalue weighted by Crippen LogP contribution is 2.39. The van der Waals surface area contributed by atoms with Crippen LogP contribution in [0.4, 0.5) is 4.39 Å². The normalized spacial score (nSPS) is 10.9. The fourth-order valence-electron chi connectivity index (χ4n) is 3.08. The van der Waals surface area contributed by atoms with Crippen molar-refractivity contribution in [2.45, 2.75) is 53.4 Å². The van der Waals surface area contributed by atoms with Gasteiger partial charge in [0, 0.05) is 17.9 Å². The smallest absolute Gasteiger partial charge is 0.251 e. The molecule has 0 aliphatic heterocycles. The van der Waals surface area contributed by atoms with Crippen molar-refractivity contribution in [2.75, 3.05) is 6.61 Å². The predicted molar refractivity (Wildman–Crippen MR) is 128 cm³/mol. The molecule has 1 amide bonds. The molecule has 1 aromatic heterocycles. The standard InChI is InChI=1S/C21H21FN2O.C3H8.C2H6O/c1-3-13(2)19-18(21(23)25)17(14-7-5-4-6-8-14)20(24-19)15-9-11-16(22)12-10-15;1-3-2;1-2-3/h4-13,24H,3H2,1-2H3,(H2,23,25);3H2,1-2H3;3H,2H2,1H3. The molecule has 1 atom stereocenters. The topological polar surface area (TPSA) is 79.1 Å². The van der Waals surface area contributed by atoms with Crippen LogP contribution in [0.2, 0.25) is 0 Å². The van der Waals surface area contributed by atoms with E-state index in [9.17, 15) is 9.18 Å². The minimum Gasteiger partial charge on any atom is -0.397 e. The zero-order valence-electron chi connectivity index (χ0n) is 19.2. The minimum absolute atomic E-state index is 0.152. The van der Waals surface area contributed by atoms with Crippen molar-refractivity contribution in [3.8, 4) is 22.4 Å². The fourth-order valence-corrected chi connectivity index (χ4v) is 3.08. The number of aliphatic hydroxyl groups is 1. The number of amides is 1. The van der Waals surface area contributed by atoms with Gasteiger partial charge in [-0.2, -0.15) is 0 Å². The Balaban J connectivity index is 0.000000720. The van der Waals surface area contributed by atoms with Crippen molar-refractivity contribution in [1.82, 2.24) is 4.98 Å². The van der Waals surface area contributed by atoms with Gasteiger partial charge in [0.1, 0.15) is 5.82 Å². The Morgan fingerprint density at radius 2 is 1.52 bits per heavy atom. The number of carbonyl (C=O) groups excluding carboxylic acids is 1. The van der Waals surface area contributed by atoms with E-state index in [-0.39, 0.29) is 18.3 Å². The minimum atomic E-state index is -0.459. The van der Waals surface area contributed by atoms with E-state index in [4.69, 9.17) is 10.8 Å². The summed E-state index contributed by atoms with van der Waals surface area (Å²) >= 11 is 0. The molecule has 31 heavy (non-hydrogen) atoms. The molecule has 0 spiro atoms. The fraction of sp³-hybridized carbons (Fsp3) is 0.346. The van der Waals surface area contributed by atoms with Gasteiger partial charge in [-0.05, 0) is 54.7 Å². The number of H-pyrrole nitrogens is 1. The highest BCUT2D eigenvalue weighted by Gasteiger charge is 2.25. The summed E-state index contributed by atoms with van der Waals surface area (Å²) in [6, 6.07) is 15.9. The molecule has 1 heterocycles. The maximum Gasteiger partial charge on any atom is 0.251 e. The maximum atomic E-state index is 13.3. The third-order valence-corrected chi connectivity index (χ3v) is 4.58. The molecule has 0 fully saturated rings. The molecule has 2 aromatic carbocycles. The average Bonchev–Trinajstić information content (AvgIpc) is 3.16. The molecular weight excluding hydrogens is 391 g/mol. The van der Waals surface area contributed by atoms with Gasteiger partial charge in [-0.1, -0.05) is 64.4 Å². The highest BCUT2D eigenvalue weighted by molar-refractivity contribution is 6.05. The number of benzene rings is 2. The molecule has 0 aliphatic carbocycles. The number of primary amides is 1.